The predicted octanol–water partition coefficient (Wildman–Crippen LogP) is 2.70. The predicted molar refractivity (Wildman–Crippen MR) is 77.7 cm³/mol. The van der Waals surface area contributed by atoms with E-state index in [9.17, 15) is 9.59 Å². The summed E-state index contributed by atoms with van der Waals surface area (Å²) in [5, 5.41) is 11.4. The number of aromatic nitrogens is 1. The standard InChI is InChI=1S/C14H12N2O3S/c1-9-13(10-5-3-2-4-6-10)20-14(15-9)16-11(17)7-8-12(18)19/h2-8H,1H3,(H,18,19)(H,15,16,17). The Kier molecular flexibility index (Phi) is 4.27. The van der Waals surface area contributed by atoms with Gasteiger partial charge in [-0.05, 0) is 12.5 Å². The van der Waals surface area contributed by atoms with Gasteiger partial charge >= 0.3 is 5.97 Å². The lowest BCUT2D eigenvalue weighted by Crippen LogP contribution is -2.08. The molecule has 20 heavy (non-hydrogen) atoms. The summed E-state index contributed by atoms with van der Waals surface area (Å²) >= 11 is 1.35. The van der Waals surface area contributed by atoms with Crippen LogP contribution < -0.4 is 5.32 Å². The Morgan fingerprint density at radius 2 is 1.95 bits per heavy atom. The summed E-state index contributed by atoms with van der Waals surface area (Å²) in [6, 6.07) is 9.73. The molecule has 5 nitrogen and oxygen atoms in total. The molecule has 1 aromatic heterocycles. The van der Waals surface area contributed by atoms with Crippen LogP contribution in [0.1, 0.15) is 5.69 Å². The molecule has 0 fully saturated rings. The van der Waals surface area contributed by atoms with Gasteiger partial charge in [0.15, 0.2) is 5.13 Å². The van der Waals surface area contributed by atoms with Crippen molar-refractivity contribution in [3.63, 3.8) is 0 Å². The highest BCUT2D eigenvalue weighted by Crippen LogP contribution is 2.32. The highest BCUT2D eigenvalue weighted by atomic mass is 32.1. The molecule has 2 N–H and O–H groups in total. The molecule has 0 unspecified atom stereocenters. The highest BCUT2D eigenvalue weighted by molar-refractivity contribution is 7.19. The number of anilines is 1. The molecule has 0 aliphatic heterocycles. The largest absolute Gasteiger partial charge is 0.478 e. The van der Waals surface area contributed by atoms with Gasteiger partial charge in [0.05, 0.1) is 10.6 Å². The molecule has 2 rings (SSSR count). The van der Waals surface area contributed by atoms with Gasteiger partial charge in [0, 0.05) is 12.2 Å². The monoisotopic (exact) mass is 288 g/mol. The molecule has 0 saturated carbocycles. The summed E-state index contributed by atoms with van der Waals surface area (Å²) in [4.78, 5) is 27.0. The first-order valence-corrected chi connectivity index (χ1v) is 6.63. The van der Waals surface area contributed by atoms with E-state index in [0.717, 1.165) is 28.3 Å². The third kappa shape index (κ3) is 3.52. The SMILES string of the molecule is Cc1nc(NC(=O)C=CC(=O)O)sc1-c1ccccc1. The van der Waals surface area contributed by atoms with Crippen molar-refractivity contribution in [1.29, 1.82) is 0 Å². The molecule has 0 aliphatic rings. The zero-order valence-corrected chi connectivity index (χ0v) is 11.5. The fourth-order valence-corrected chi connectivity index (χ4v) is 2.58. The van der Waals surface area contributed by atoms with Crippen LogP contribution in [0.25, 0.3) is 10.4 Å². The number of carbonyl (C=O) groups is 2. The van der Waals surface area contributed by atoms with Gasteiger partial charge in [0.25, 0.3) is 0 Å². The molecule has 0 atom stereocenters. The zero-order valence-electron chi connectivity index (χ0n) is 10.7. The number of thiazole rings is 1. The number of aliphatic carboxylic acids is 1. The minimum absolute atomic E-state index is 0.446. The number of nitrogens with one attached hydrogen (secondary N) is 1. The van der Waals surface area contributed by atoms with Gasteiger partial charge in [0.1, 0.15) is 0 Å². The van der Waals surface area contributed by atoms with E-state index in [1.165, 1.54) is 11.3 Å². The second kappa shape index (κ2) is 6.12. The molecule has 1 amide bonds. The number of carboxylic acid groups (broad SMARTS) is 1. The molecule has 1 heterocycles. The summed E-state index contributed by atoms with van der Waals surface area (Å²) in [5.41, 5.74) is 1.85. The van der Waals surface area contributed by atoms with E-state index in [1.54, 1.807) is 0 Å². The third-order valence-corrected chi connectivity index (χ3v) is 3.56. The zero-order chi connectivity index (χ0) is 14.5. The summed E-state index contributed by atoms with van der Waals surface area (Å²) in [7, 11) is 0. The van der Waals surface area contributed by atoms with Crippen LogP contribution in [-0.2, 0) is 9.59 Å². The van der Waals surface area contributed by atoms with Crippen molar-refractivity contribution >= 4 is 28.3 Å². The van der Waals surface area contributed by atoms with E-state index < -0.39 is 11.9 Å². The fraction of sp³-hybridized carbons (Fsp3) is 0.0714. The van der Waals surface area contributed by atoms with Crippen LogP contribution in [0.5, 0.6) is 0 Å². The van der Waals surface area contributed by atoms with Crippen LogP contribution in [0.4, 0.5) is 5.13 Å². The van der Waals surface area contributed by atoms with Crippen molar-refractivity contribution < 1.29 is 14.7 Å². The maximum Gasteiger partial charge on any atom is 0.328 e. The van der Waals surface area contributed by atoms with Gasteiger partial charge in [-0.3, -0.25) is 10.1 Å². The van der Waals surface area contributed by atoms with Gasteiger partial charge in [0.2, 0.25) is 5.91 Å². The molecule has 0 radical (unpaired) electrons. The Labute approximate surface area is 119 Å². The van der Waals surface area contributed by atoms with E-state index in [4.69, 9.17) is 5.11 Å². The second-order valence-corrected chi connectivity index (χ2v) is 4.96. The summed E-state index contributed by atoms with van der Waals surface area (Å²) in [6.07, 6.45) is 1.75. The normalized spacial score (nSPS) is 10.7. The minimum atomic E-state index is -1.17. The van der Waals surface area contributed by atoms with Gasteiger partial charge in [-0.25, -0.2) is 9.78 Å². The van der Waals surface area contributed by atoms with Crippen molar-refractivity contribution in [2.45, 2.75) is 6.92 Å². The molecule has 102 valence electrons. The number of hydrogen-bond acceptors (Lipinski definition) is 4. The first-order chi connectivity index (χ1) is 9.56. The van der Waals surface area contributed by atoms with Crippen molar-refractivity contribution in [3.8, 4) is 10.4 Å². The number of benzene rings is 1. The topological polar surface area (TPSA) is 79.3 Å². The van der Waals surface area contributed by atoms with E-state index in [0.29, 0.717) is 5.13 Å². The Bertz CT molecular complexity index is 662. The van der Waals surface area contributed by atoms with Crippen LogP contribution in [0, 0.1) is 6.92 Å². The molecule has 0 saturated heterocycles. The van der Waals surface area contributed by atoms with Crippen LogP contribution in [0.15, 0.2) is 42.5 Å². The summed E-state index contributed by atoms with van der Waals surface area (Å²) < 4.78 is 0. The number of hydrogen-bond donors (Lipinski definition) is 2. The van der Waals surface area contributed by atoms with Crippen molar-refractivity contribution in [1.82, 2.24) is 4.98 Å². The van der Waals surface area contributed by atoms with Crippen LogP contribution in [0.2, 0.25) is 0 Å². The third-order valence-electron chi connectivity index (χ3n) is 2.44. The molecule has 0 aliphatic carbocycles. The first-order valence-electron chi connectivity index (χ1n) is 5.81. The highest BCUT2D eigenvalue weighted by Gasteiger charge is 2.10. The lowest BCUT2D eigenvalue weighted by Gasteiger charge is -1.96. The number of amides is 1. The molecule has 1 aromatic carbocycles. The average Bonchev–Trinajstić information content (AvgIpc) is 2.78. The van der Waals surface area contributed by atoms with Gasteiger partial charge in [-0.2, -0.15) is 0 Å². The fourth-order valence-electron chi connectivity index (χ4n) is 1.60. The van der Waals surface area contributed by atoms with Crippen molar-refractivity contribution in [3.05, 3.63) is 48.2 Å². The minimum Gasteiger partial charge on any atom is -0.478 e. The van der Waals surface area contributed by atoms with E-state index in [-0.39, 0.29) is 0 Å². The Morgan fingerprint density at radius 1 is 1.25 bits per heavy atom. The molecular weight excluding hydrogens is 276 g/mol. The number of rotatable bonds is 4. The maximum atomic E-state index is 11.5. The smallest absolute Gasteiger partial charge is 0.328 e. The number of nitrogens with zero attached hydrogens (tertiary/aromatic N) is 1. The number of aryl methyl sites for hydroxylation is 1. The molecule has 0 bridgehead atoms. The van der Waals surface area contributed by atoms with Crippen LogP contribution in [0.3, 0.4) is 0 Å². The second-order valence-electron chi connectivity index (χ2n) is 3.96. The lowest BCUT2D eigenvalue weighted by molar-refractivity contribution is -0.131. The van der Waals surface area contributed by atoms with Gasteiger partial charge < -0.3 is 5.11 Å². The van der Waals surface area contributed by atoms with Crippen molar-refractivity contribution in [2.24, 2.45) is 0 Å². The van der Waals surface area contributed by atoms with Gasteiger partial charge in [-0.15, -0.1) is 0 Å². The van der Waals surface area contributed by atoms with E-state index >= 15 is 0 Å². The Morgan fingerprint density at radius 3 is 2.60 bits per heavy atom. The molecular formula is C14H12N2O3S. The molecule has 6 heteroatoms. The lowest BCUT2D eigenvalue weighted by atomic mass is 10.2. The maximum absolute atomic E-state index is 11.5. The first kappa shape index (κ1) is 14.0. The van der Waals surface area contributed by atoms with Crippen LogP contribution >= 0.6 is 11.3 Å². The van der Waals surface area contributed by atoms with E-state index in [2.05, 4.69) is 10.3 Å². The summed E-state index contributed by atoms with van der Waals surface area (Å²) in [6.45, 7) is 1.86. The summed E-state index contributed by atoms with van der Waals surface area (Å²) in [5.74, 6) is -1.68. The Hall–Kier alpha value is -2.47. The van der Waals surface area contributed by atoms with E-state index in [1.807, 2.05) is 37.3 Å². The van der Waals surface area contributed by atoms with Crippen molar-refractivity contribution in [2.75, 3.05) is 5.32 Å². The average molecular weight is 288 g/mol. The van der Waals surface area contributed by atoms with Crippen LogP contribution in [-0.4, -0.2) is 22.0 Å². The number of carbonyl (C=O) groups excluding carboxylic acids is 1. The number of carboxylic acids is 1. The quantitative estimate of drug-likeness (QED) is 0.848. The Balaban J connectivity index is 2.16. The molecule has 2 aromatic rings. The van der Waals surface area contributed by atoms with Gasteiger partial charge in [-0.1, -0.05) is 41.7 Å². The molecule has 0 spiro atoms.